The number of aromatic nitrogens is 3. The molecule has 0 fully saturated rings. The molecule has 0 bridgehead atoms. The molecule has 2 aromatic rings. The van der Waals surface area contributed by atoms with E-state index < -0.39 is 11.4 Å². The maximum Gasteiger partial charge on any atom is 0.311 e. The Morgan fingerprint density at radius 1 is 1.25 bits per heavy atom. The minimum Gasteiger partial charge on any atom is -0.481 e. The molecule has 0 aliphatic carbocycles. The lowest BCUT2D eigenvalue weighted by molar-refractivity contribution is -0.149. The van der Waals surface area contributed by atoms with E-state index in [2.05, 4.69) is 15.4 Å². The summed E-state index contributed by atoms with van der Waals surface area (Å²) in [7, 11) is 0. The van der Waals surface area contributed by atoms with E-state index in [4.69, 9.17) is 0 Å². The largest absolute Gasteiger partial charge is 0.481 e. The average Bonchev–Trinajstić information content (AvgIpc) is 3.09. The van der Waals surface area contributed by atoms with E-state index in [1.54, 1.807) is 23.1 Å². The molecule has 0 atom stereocenters. The predicted molar refractivity (Wildman–Crippen MR) is 88.6 cm³/mol. The van der Waals surface area contributed by atoms with Gasteiger partial charge >= 0.3 is 5.97 Å². The summed E-state index contributed by atoms with van der Waals surface area (Å²) < 4.78 is 1.63. The van der Waals surface area contributed by atoms with Crippen molar-refractivity contribution in [1.29, 1.82) is 0 Å². The molecule has 0 spiro atoms. The molecule has 24 heavy (non-hydrogen) atoms. The summed E-state index contributed by atoms with van der Waals surface area (Å²) in [6, 6.07) is 7.20. The van der Waals surface area contributed by atoms with Crippen molar-refractivity contribution >= 4 is 11.9 Å². The van der Waals surface area contributed by atoms with Crippen LogP contribution in [0.25, 0.3) is 0 Å². The molecule has 0 radical (unpaired) electrons. The first-order chi connectivity index (χ1) is 11.5. The van der Waals surface area contributed by atoms with E-state index in [0.29, 0.717) is 24.9 Å². The summed E-state index contributed by atoms with van der Waals surface area (Å²) in [4.78, 5) is 28.0. The van der Waals surface area contributed by atoms with Crippen molar-refractivity contribution in [3.8, 4) is 0 Å². The van der Waals surface area contributed by atoms with Gasteiger partial charge < -0.3 is 10.4 Å². The quantitative estimate of drug-likeness (QED) is 0.771. The first kappa shape index (κ1) is 17.7. The summed E-state index contributed by atoms with van der Waals surface area (Å²) >= 11 is 0. The number of hydrogen-bond donors (Lipinski definition) is 2. The van der Waals surface area contributed by atoms with Crippen LogP contribution in [0.4, 0.5) is 0 Å². The van der Waals surface area contributed by atoms with Gasteiger partial charge in [0, 0.05) is 12.1 Å². The van der Waals surface area contributed by atoms with Crippen molar-refractivity contribution in [2.24, 2.45) is 5.41 Å². The van der Waals surface area contributed by atoms with Crippen molar-refractivity contribution in [2.75, 3.05) is 6.54 Å². The molecular weight excluding hydrogens is 308 g/mol. The highest BCUT2D eigenvalue weighted by Gasteiger charge is 2.35. The highest BCUT2D eigenvalue weighted by atomic mass is 16.4. The fourth-order valence-corrected chi connectivity index (χ4v) is 2.59. The number of benzene rings is 1. The van der Waals surface area contributed by atoms with E-state index in [9.17, 15) is 14.7 Å². The smallest absolute Gasteiger partial charge is 0.311 e. The number of rotatable bonds is 8. The van der Waals surface area contributed by atoms with Crippen molar-refractivity contribution in [2.45, 2.75) is 33.2 Å². The van der Waals surface area contributed by atoms with E-state index in [-0.39, 0.29) is 12.5 Å². The van der Waals surface area contributed by atoms with Crippen LogP contribution in [-0.4, -0.2) is 38.3 Å². The second-order valence-corrected chi connectivity index (χ2v) is 5.73. The van der Waals surface area contributed by atoms with Crippen LogP contribution < -0.4 is 5.32 Å². The Kier molecular flexibility index (Phi) is 5.68. The lowest BCUT2D eigenvalue weighted by atomic mass is 9.82. The van der Waals surface area contributed by atoms with Gasteiger partial charge in [0.15, 0.2) is 0 Å². The number of carboxylic acid groups (broad SMARTS) is 1. The number of aliphatic carboxylic acids is 1. The fourth-order valence-electron chi connectivity index (χ4n) is 2.59. The SMILES string of the molecule is CCC(CC)(CNC(=O)c1ccccc1Cn1cncn1)C(=O)O. The molecule has 128 valence electrons. The standard InChI is InChI=1S/C17H22N4O3/c1-3-17(4-2,16(23)24)10-19-15(22)14-8-6-5-7-13(14)9-21-12-18-11-20-21/h5-8,11-12H,3-4,9-10H2,1-2H3,(H,19,22)(H,23,24). The highest BCUT2D eigenvalue weighted by Crippen LogP contribution is 2.26. The summed E-state index contributed by atoms with van der Waals surface area (Å²) in [6.45, 7) is 4.17. The van der Waals surface area contributed by atoms with Crippen LogP contribution in [0.2, 0.25) is 0 Å². The molecule has 1 heterocycles. The van der Waals surface area contributed by atoms with Crippen molar-refractivity contribution in [3.05, 3.63) is 48.0 Å². The van der Waals surface area contributed by atoms with Gasteiger partial charge in [0.25, 0.3) is 5.91 Å². The van der Waals surface area contributed by atoms with Gasteiger partial charge in [0.1, 0.15) is 12.7 Å². The summed E-state index contributed by atoms with van der Waals surface area (Å²) in [6.07, 6.45) is 3.93. The summed E-state index contributed by atoms with van der Waals surface area (Å²) in [5, 5.41) is 16.3. The highest BCUT2D eigenvalue weighted by molar-refractivity contribution is 5.96. The van der Waals surface area contributed by atoms with E-state index in [0.717, 1.165) is 5.56 Å². The Morgan fingerprint density at radius 2 is 1.96 bits per heavy atom. The third-order valence-electron chi connectivity index (χ3n) is 4.46. The monoisotopic (exact) mass is 330 g/mol. The number of nitrogens with zero attached hydrogens (tertiary/aromatic N) is 3. The third-order valence-corrected chi connectivity index (χ3v) is 4.46. The van der Waals surface area contributed by atoms with Gasteiger partial charge in [-0.25, -0.2) is 9.67 Å². The van der Waals surface area contributed by atoms with Crippen LogP contribution in [0.5, 0.6) is 0 Å². The minimum absolute atomic E-state index is 0.103. The Hall–Kier alpha value is -2.70. The number of amides is 1. The molecule has 0 aliphatic heterocycles. The summed E-state index contributed by atoms with van der Waals surface area (Å²) in [5.74, 6) is -1.16. The Bertz CT molecular complexity index is 694. The van der Waals surface area contributed by atoms with Crippen LogP contribution in [0.15, 0.2) is 36.9 Å². The molecular formula is C17H22N4O3. The lowest BCUT2D eigenvalue weighted by Crippen LogP contribution is -2.42. The average molecular weight is 330 g/mol. The fraction of sp³-hybridized carbons (Fsp3) is 0.412. The molecule has 1 aromatic heterocycles. The van der Waals surface area contributed by atoms with Crippen molar-refractivity contribution in [1.82, 2.24) is 20.1 Å². The number of nitrogens with one attached hydrogen (secondary N) is 1. The number of hydrogen-bond acceptors (Lipinski definition) is 4. The van der Waals surface area contributed by atoms with Crippen LogP contribution >= 0.6 is 0 Å². The first-order valence-corrected chi connectivity index (χ1v) is 7.94. The molecule has 7 heteroatoms. The number of carboxylic acids is 1. The maximum absolute atomic E-state index is 12.5. The van der Waals surface area contributed by atoms with Gasteiger partial charge in [-0.2, -0.15) is 5.10 Å². The van der Waals surface area contributed by atoms with Crippen LogP contribution in [-0.2, 0) is 11.3 Å². The van der Waals surface area contributed by atoms with E-state index in [1.807, 2.05) is 26.0 Å². The second kappa shape index (κ2) is 7.72. The predicted octanol–water partition coefficient (Wildman–Crippen LogP) is 1.95. The Labute approximate surface area is 140 Å². The maximum atomic E-state index is 12.5. The van der Waals surface area contributed by atoms with E-state index in [1.165, 1.54) is 6.33 Å². The molecule has 2 rings (SSSR count). The third kappa shape index (κ3) is 3.79. The topological polar surface area (TPSA) is 97.1 Å². The van der Waals surface area contributed by atoms with Gasteiger partial charge in [-0.05, 0) is 24.5 Å². The van der Waals surface area contributed by atoms with Crippen molar-refractivity contribution < 1.29 is 14.7 Å². The van der Waals surface area contributed by atoms with Crippen LogP contribution in [0, 0.1) is 5.41 Å². The van der Waals surface area contributed by atoms with E-state index >= 15 is 0 Å². The molecule has 0 saturated carbocycles. The number of carbonyl (C=O) groups is 2. The molecule has 1 amide bonds. The Balaban J connectivity index is 2.14. The molecule has 0 aliphatic rings. The molecule has 1 aromatic carbocycles. The normalized spacial score (nSPS) is 11.2. The van der Waals surface area contributed by atoms with Gasteiger partial charge in [-0.3, -0.25) is 9.59 Å². The first-order valence-electron chi connectivity index (χ1n) is 7.94. The zero-order valence-corrected chi connectivity index (χ0v) is 13.9. The van der Waals surface area contributed by atoms with Gasteiger partial charge in [0.2, 0.25) is 0 Å². The molecule has 7 nitrogen and oxygen atoms in total. The second-order valence-electron chi connectivity index (χ2n) is 5.73. The van der Waals surface area contributed by atoms with Crippen molar-refractivity contribution in [3.63, 3.8) is 0 Å². The zero-order chi connectivity index (χ0) is 17.6. The van der Waals surface area contributed by atoms with Crippen LogP contribution in [0.3, 0.4) is 0 Å². The lowest BCUT2D eigenvalue weighted by Gasteiger charge is -2.27. The summed E-state index contributed by atoms with van der Waals surface area (Å²) in [5.41, 5.74) is 0.380. The van der Waals surface area contributed by atoms with Crippen LogP contribution in [0.1, 0.15) is 42.6 Å². The molecule has 0 saturated heterocycles. The number of carbonyl (C=O) groups excluding carboxylic acids is 1. The Morgan fingerprint density at radius 3 is 2.54 bits per heavy atom. The van der Waals surface area contributed by atoms with Gasteiger partial charge in [-0.15, -0.1) is 0 Å². The molecule has 2 N–H and O–H groups in total. The van der Waals surface area contributed by atoms with Gasteiger partial charge in [0.05, 0.1) is 12.0 Å². The minimum atomic E-state index is -0.934. The zero-order valence-electron chi connectivity index (χ0n) is 13.9. The molecule has 0 unspecified atom stereocenters. The van der Waals surface area contributed by atoms with Gasteiger partial charge in [-0.1, -0.05) is 32.0 Å².